The van der Waals surface area contributed by atoms with E-state index in [-0.39, 0.29) is 12.0 Å². The van der Waals surface area contributed by atoms with Crippen LogP contribution in [0, 0.1) is 5.92 Å². The molecule has 2 aromatic rings. The summed E-state index contributed by atoms with van der Waals surface area (Å²) in [7, 11) is 4.08. The zero-order chi connectivity index (χ0) is 24.9. The Morgan fingerprint density at radius 1 is 1.08 bits per heavy atom. The smallest absolute Gasteiger partial charge is 0.151 e. The summed E-state index contributed by atoms with van der Waals surface area (Å²) in [6.07, 6.45) is 2.33. The van der Waals surface area contributed by atoms with E-state index >= 15 is 0 Å². The average molecular weight is 491 g/mol. The van der Waals surface area contributed by atoms with Gasteiger partial charge in [0, 0.05) is 57.4 Å². The summed E-state index contributed by atoms with van der Waals surface area (Å²) in [5.41, 5.74) is 4.71. The summed E-state index contributed by atoms with van der Waals surface area (Å²) in [5.74, 6) is 1.84. The number of oxime groups is 1. The quantitative estimate of drug-likeness (QED) is 0.537. The van der Waals surface area contributed by atoms with Crippen LogP contribution in [0.3, 0.4) is 0 Å². The third-order valence-electron chi connectivity index (χ3n) is 7.13. The van der Waals surface area contributed by atoms with Crippen molar-refractivity contribution in [1.29, 1.82) is 0 Å². The van der Waals surface area contributed by atoms with Gasteiger partial charge in [0.15, 0.2) is 6.10 Å². The second-order valence-electron chi connectivity index (χ2n) is 10.3. The number of piperazine rings is 1. The van der Waals surface area contributed by atoms with Gasteiger partial charge < -0.3 is 19.2 Å². The summed E-state index contributed by atoms with van der Waals surface area (Å²) in [5, 5.41) is 4.50. The van der Waals surface area contributed by atoms with Gasteiger partial charge in [0.05, 0.1) is 5.92 Å². The van der Waals surface area contributed by atoms with Crippen LogP contribution in [-0.2, 0) is 4.84 Å². The highest BCUT2D eigenvalue weighted by Crippen LogP contribution is 2.36. The fraction of sp³-hybridized carbons (Fsp3) is 0.483. The molecular formula is C29H38N4O3. The Morgan fingerprint density at radius 3 is 2.64 bits per heavy atom. The Morgan fingerprint density at radius 2 is 1.86 bits per heavy atom. The van der Waals surface area contributed by atoms with Crippen LogP contribution < -0.4 is 9.47 Å². The zero-order valence-corrected chi connectivity index (χ0v) is 21.7. The van der Waals surface area contributed by atoms with E-state index in [2.05, 4.69) is 69.3 Å². The van der Waals surface area contributed by atoms with Crippen molar-refractivity contribution in [3.05, 3.63) is 65.2 Å². The molecule has 0 spiro atoms. The second-order valence-corrected chi connectivity index (χ2v) is 10.3. The van der Waals surface area contributed by atoms with Gasteiger partial charge in [-0.25, -0.2) is 0 Å². The van der Waals surface area contributed by atoms with E-state index in [1.165, 1.54) is 11.1 Å². The van der Waals surface area contributed by atoms with Gasteiger partial charge in [0.1, 0.15) is 30.4 Å². The van der Waals surface area contributed by atoms with Gasteiger partial charge in [0.2, 0.25) is 0 Å². The number of nitrogens with zero attached hydrogens (tertiary/aromatic N) is 4. The van der Waals surface area contributed by atoms with E-state index in [4.69, 9.17) is 14.3 Å². The van der Waals surface area contributed by atoms with Crippen LogP contribution in [-0.4, -0.2) is 99.6 Å². The minimum absolute atomic E-state index is 0.0374. The Hall–Kier alpha value is -2.87. The summed E-state index contributed by atoms with van der Waals surface area (Å²) < 4.78 is 12.0. The van der Waals surface area contributed by atoms with Crippen molar-refractivity contribution >= 4 is 11.8 Å². The molecule has 0 bridgehead atoms. The predicted octanol–water partition coefficient (Wildman–Crippen LogP) is 3.46. The number of likely N-dealkylation sites (N-methyl/N-ethyl adjacent to an activating group) is 1. The van der Waals surface area contributed by atoms with Crippen molar-refractivity contribution in [2.45, 2.75) is 13.0 Å². The molecule has 0 aliphatic carbocycles. The molecule has 7 heteroatoms. The van der Waals surface area contributed by atoms with Crippen LogP contribution in [0.5, 0.6) is 11.5 Å². The predicted molar refractivity (Wildman–Crippen MR) is 144 cm³/mol. The van der Waals surface area contributed by atoms with Crippen molar-refractivity contribution in [3.8, 4) is 11.5 Å². The number of hydrogen-bond acceptors (Lipinski definition) is 7. The van der Waals surface area contributed by atoms with E-state index in [1.807, 2.05) is 26.2 Å². The first-order valence-electron chi connectivity index (χ1n) is 13.0. The largest absolute Gasteiger partial charge is 0.492 e. The lowest BCUT2D eigenvalue weighted by Crippen LogP contribution is -2.50. The molecule has 5 rings (SSSR count). The fourth-order valence-electron chi connectivity index (χ4n) is 5.10. The lowest BCUT2D eigenvalue weighted by Gasteiger charge is -2.36. The van der Waals surface area contributed by atoms with Crippen LogP contribution in [0.1, 0.15) is 18.1 Å². The molecule has 0 N–H and O–H groups in total. The molecular weight excluding hydrogens is 452 g/mol. The number of rotatable bonds is 9. The molecule has 36 heavy (non-hydrogen) atoms. The molecule has 7 nitrogen and oxygen atoms in total. The standard InChI is InChI=1S/C29H38N4O3/c1-22(17-23-7-5-4-6-8-23)19-32-11-13-33(14-12-32)20-28-26-21-35-27-18-24(34-16-15-31(2)3)9-10-25(27)29(26)30-36-28/h4-10,17-18,26,28H,11-16,19-21H2,1-3H3/b22-17+. The molecule has 0 aromatic heterocycles. The Bertz CT molecular complexity index is 1080. The van der Waals surface area contributed by atoms with Gasteiger partial charge >= 0.3 is 0 Å². The highest BCUT2D eigenvalue weighted by molar-refractivity contribution is 6.06. The van der Waals surface area contributed by atoms with Gasteiger partial charge in [-0.1, -0.05) is 47.1 Å². The fourth-order valence-corrected chi connectivity index (χ4v) is 5.10. The van der Waals surface area contributed by atoms with Crippen molar-refractivity contribution in [2.24, 2.45) is 11.1 Å². The van der Waals surface area contributed by atoms with Crippen LogP contribution in [0.4, 0.5) is 0 Å². The number of ether oxygens (including phenoxy) is 2. The number of benzene rings is 2. The zero-order valence-electron chi connectivity index (χ0n) is 21.7. The first-order valence-corrected chi connectivity index (χ1v) is 13.0. The maximum Gasteiger partial charge on any atom is 0.151 e. The highest BCUT2D eigenvalue weighted by Gasteiger charge is 2.41. The van der Waals surface area contributed by atoms with Gasteiger partial charge in [-0.05, 0) is 38.7 Å². The number of fused-ring (bicyclic) bond motifs is 3. The molecule has 0 saturated carbocycles. The van der Waals surface area contributed by atoms with Crippen LogP contribution in [0.25, 0.3) is 6.08 Å². The molecule has 192 valence electrons. The van der Waals surface area contributed by atoms with E-state index in [0.29, 0.717) is 13.2 Å². The van der Waals surface area contributed by atoms with Crippen molar-refractivity contribution in [3.63, 3.8) is 0 Å². The maximum atomic E-state index is 6.15. The second kappa shape index (κ2) is 11.5. The maximum absolute atomic E-state index is 6.15. The summed E-state index contributed by atoms with van der Waals surface area (Å²) in [4.78, 5) is 13.1. The molecule has 2 aromatic carbocycles. The molecule has 0 amide bonds. The minimum Gasteiger partial charge on any atom is -0.492 e. The normalized spacial score (nSPS) is 22.4. The van der Waals surface area contributed by atoms with Crippen molar-refractivity contribution in [1.82, 2.24) is 14.7 Å². The number of hydrogen-bond donors (Lipinski definition) is 0. The van der Waals surface area contributed by atoms with Crippen LogP contribution >= 0.6 is 0 Å². The third-order valence-corrected chi connectivity index (χ3v) is 7.13. The molecule has 0 radical (unpaired) electrons. The minimum atomic E-state index is 0.0374. The Balaban J connectivity index is 1.10. The van der Waals surface area contributed by atoms with Crippen molar-refractivity contribution < 1.29 is 14.3 Å². The Labute approximate surface area is 214 Å². The van der Waals surface area contributed by atoms with E-state index in [9.17, 15) is 0 Å². The summed E-state index contributed by atoms with van der Waals surface area (Å²) >= 11 is 0. The van der Waals surface area contributed by atoms with Gasteiger partial charge in [-0.15, -0.1) is 0 Å². The van der Waals surface area contributed by atoms with Crippen LogP contribution in [0.2, 0.25) is 0 Å². The molecule has 2 unspecified atom stereocenters. The molecule has 3 heterocycles. The average Bonchev–Trinajstić information content (AvgIpc) is 3.28. The van der Waals surface area contributed by atoms with E-state index in [0.717, 1.165) is 68.6 Å². The Kier molecular flexibility index (Phi) is 7.90. The first kappa shape index (κ1) is 24.8. The molecule has 2 atom stereocenters. The first-order chi connectivity index (χ1) is 17.5. The lowest BCUT2D eigenvalue weighted by atomic mass is 9.90. The van der Waals surface area contributed by atoms with Gasteiger partial charge in [-0.3, -0.25) is 9.80 Å². The molecule has 3 aliphatic heterocycles. The topological polar surface area (TPSA) is 49.8 Å². The summed E-state index contributed by atoms with van der Waals surface area (Å²) in [6.45, 7) is 10.5. The van der Waals surface area contributed by atoms with Crippen molar-refractivity contribution in [2.75, 3.05) is 73.1 Å². The summed E-state index contributed by atoms with van der Waals surface area (Å²) in [6, 6.07) is 16.6. The molecule has 1 fully saturated rings. The highest BCUT2D eigenvalue weighted by atomic mass is 16.6. The lowest BCUT2D eigenvalue weighted by molar-refractivity contribution is 0.0101. The van der Waals surface area contributed by atoms with E-state index < -0.39 is 0 Å². The SMILES string of the molecule is C/C(=C\c1ccccc1)CN1CCN(CC2ON=C3c4ccc(OCCN(C)C)cc4OCC32)CC1. The van der Waals surface area contributed by atoms with Gasteiger partial charge in [-0.2, -0.15) is 0 Å². The van der Waals surface area contributed by atoms with Gasteiger partial charge in [0.25, 0.3) is 0 Å². The molecule has 3 aliphatic rings. The molecule has 1 saturated heterocycles. The third kappa shape index (κ3) is 6.09. The van der Waals surface area contributed by atoms with E-state index in [1.54, 1.807) is 0 Å². The van der Waals surface area contributed by atoms with Crippen LogP contribution in [0.15, 0.2) is 59.3 Å². The monoisotopic (exact) mass is 490 g/mol.